The zero-order valence-corrected chi connectivity index (χ0v) is 44.8. The van der Waals surface area contributed by atoms with Crippen molar-refractivity contribution in [2.24, 2.45) is 0 Å². The van der Waals surface area contributed by atoms with E-state index in [9.17, 15) is 19.2 Å². The normalized spacial score (nSPS) is 16.3. The first-order chi connectivity index (χ1) is 40.0. The molecule has 0 unspecified atom stereocenters. The molecule has 2 N–H and O–H groups in total. The first kappa shape index (κ1) is 53.4. The molecular formula is C58H54N18O6. The average molecular weight is 1100 g/mol. The minimum atomic E-state index is -0.222. The molecule has 82 heavy (non-hydrogen) atoms. The molecule has 2 saturated heterocycles. The summed E-state index contributed by atoms with van der Waals surface area (Å²) in [6, 6.07) is 26.9. The Morgan fingerprint density at radius 2 is 0.939 bits per heavy atom. The van der Waals surface area contributed by atoms with Gasteiger partial charge in [0.2, 0.25) is 11.9 Å². The Hall–Kier alpha value is -10.6. The molecule has 0 radical (unpaired) electrons. The number of benzene rings is 2. The van der Waals surface area contributed by atoms with Gasteiger partial charge < -0.3 is 38.9 Å². The van der Waals surface area contributed by atoms with Crippen molar-refractivity contribution >= 4 is 35.1 Å². The lowest BCUT2D eigenvalue weighted by Crippen LogP contribution is -2.49. The predicted octanol–water partition coefficient (Wildman–Crippen LogP) is 4.48. The Bertz CT molecular complexity index is 3600. The lowest BCUT2D eigenvalue weighted by Gasteiger charge is -2.34. The van der Waals surface area contributed by atoms with Gasteiger partial charge in [-0.2, -0.15) is 20.7 Å². The van der Waals surface area contributed by atoms with Gasteiger partial charge in [-0.1, -0.05) is 48.5 Å². The van der Waals surface area contributed by atoms with Crippen LogP contribution in [0.5, 0.6) is 11.5 Å². The highest BCUT2D eigenvalue weighted by Gasteiger charge is 2.35. The number of piperazine rings is 2. The van der Waals surface area contributed by atoms with E-state index < -0.39 is 0 Å². The van der Waals surface area contributed by atoms with Gasteiger partial charge in [0.1, 0.15) is 48.2 Å². The molecule has 0 aliphatic carbocycles. The number of amides is 2. The number of carbonyl (C=O) groups is 2. The fraction of sp³-hybridized carbons (Fsp3) is 0.276. The first-order valence-electron chi connectivity index (χ1n) is 26.5. The molecule has 412 valence electrons. The van der Waals surface area contributed by atoms with Gasteiger partial charge in [-0.25, -0.2) is 30.1 Å². The van der Waals surface area contributed by atoms with E-state index in [4.69, 9.17) is 20.0 Å². The van der Waals surface area contributed by atoms with E-state index >= 15 is 0 Å². The van der Waals surface area contributed by atoms with Crippen LogP contribution in [0.15, 0.2) is 132 Å². The van der Waals surface area contributed by atoms with Crippen LogP contribution in [0.25, 0.3) is 0 Å². The number of aromatic amines is 2. The summed E-state index contributed by atoms with van der Waals surface area (Å²) in [5.74, 6) is 1.82. The van der Waals surface area contributed by atoms with Crippen LogP contribution in [0.3, 0.4) is 0 Å². The van der Waals surface area contributed by atoms with Crippen LogP contribution in [0.2, 0.25) is 0 Å². The topological polar surface area (TPSA) is 288 Å². The van der Waals surface area contributed by atoms with E-state index in [1.807, 2.05) is 46.2 Å². The Kier molecular flexibility index (Phi) is 15.5. The molecule has 24 nitrogen and oxygen atoms in total. The van der Waals surface area contributed by atoms with Crippen molar-refractivity contribution < 1.29 is 19.1 Å². The number of ether oxygens (including phenoxy) is 2. The van der Waals surface area contributed by atoms with Gasteiger partial charge in [0, 0.05) is 101 Å². The molecule has 2 amide bonds. The summed E-state index contributed by atoms with van der Waals surface area (Å²) in [7, 11) is 0. The van der Waals surface area contributed by atoms with E-state index in [1.54, 1.807) is 72.7 Å². The van der Waals surface area contributed by atoms with Gasteiger partial charge >= 0.3 is 0 Å². The molecule has 4 aliphatic rings. The van der Waals surface area contributed by atoms with Crippen molar-refractivity contribution in [2.75, 3.05) is 85.2 Å². The second-order valence-corrected chi connectivity index (χ2v) is 19.8. The summed E-state index contributed by atoms with van der Waals surface area (Å²) in [5, 5.41) is 30.9. The average Bonchev–Trinajstić information content (AvgIpc) is 4.04. The van der Waals surface area contributed by atoms with Crippen molar-refractivity contribution in [1.82, 2.24) is 60.1 Å². The quantitative estimate of drug-likeness (QED) is 0.171. The number of nitrogens with zero attached hydrogens (tertiary/aromatic N) is 16. The number of H-pyrrole nitrogens is 2. The highest BCUT2D eigenvalue weighted by Crippen LogP contribution is 2.40. The standard InChI is InChI=1S/2C29H27N9O3/c2*1-19-25(16-34-35-27(19)39)38-17-21-4-2-3-5-23(21)26(38)18-41-22-6-7-31-24(12-22)28(40)36-8-10-37(11-9-36)29-32-14-20(13-30)15-33-29/h2*2-7,12,14-16,26H,8-11,17-18H2,1H3,(H,35,39)/t2*26-/m10/s1. The fourth-order valence-electron chi connectivity index (χ4n) is 10.5. The number of hydrogen-bond acceptors (Lipinski definition) is 20. The van der Waals surface area contributed by atoms with E-state index in [0.717, 1.165) is 33.6 Å². The van der Waals surface area contributed by atoms with Crippen LogP contribution in [0, 0.1) is 36.5 Å². The number of carbonyl (C=O) groups excluding carboxylic acids is 2. The third-order valence-electron chi connectivity index (χ3n) is 15.0. The van der Waals surface area contributed by atoms with Gasteiger partial charge in [-0.3, -0.25) is 29.1 Å². The van der Waals surface area contributed by atoms with E-state index in [-0.39, 0.29) is 35.0 Å². The molecule has 4 aliphatic heterocycles. The Morgan fingerprint density at radius 1 is 0.549 bits per heavy atom. The molecule has 0 saturated carbocycles. The largest absolute Gasteiger partial charge is 0.491 e. The van der Waals surface area contributed by atoms with Gasteiger partial charge in [-0.05, 0) is 48.2 Å². The number of hydrogen-bond donors (Lipinski definition) is 2. The zero-order valence-electron chi connectivity index (χ0n) is 44.8. The number of pyridine rings is 2. The van der Waals surface area contributed by atoms with Crippen LogP contribution in [0.4, 0.5) is 23.3 Å². The van der Waals surface area contributed by atoms with Crippen LogP contribution >= 0.6 is 0 Å². The third kappa shape index (κ3) is 11.3. The maximum absolute atomic E-state index is 13.3. The molecule has 0 spiro atoms. The molecule has 2 aromatic carbocycles. The monoisotopic (exact) mass is 1100 g/mol. The Labute approximate surface area is 469 Å². The lowest BCUT2D eigenvalue weighted by atomic mass is 10.1. The number of aromatic nitrogens is 10. The number of nitriles is 2. The highest BCUT2D eigenvalue weighted by atomic mass is 16.5. The maximum atomic E-state index is 13.3. The molecule has 24 heteroatoms. The molecule has 6 aromatic heterocycles. The van der Waals surface area contributed by atoms with Gasteiger partial charge in [0.05, 0.1) is 71.8 Å². The number of fused-ring (bicyclic) bond motifs is 2. The van der Waals surface area contributed by atoms with Crippen molar-refractivity contribution in [1.29, 1.82) is 10.5 Å². The molecule has 10 heterocycles. The lowest BCUT2D eigenvalue weighted by molar-refractivity contribution is 0.0732. The van der Waals surface area contributed by atoms with Crippen molar-refractivity contribution in [3.63, 3.8) is 0 Å². The van der Waals surface area contributed by atoms with Crippen molar-refractivity contribution in [3.05, 3.63) is 199 Å². The summed E-state index contributed by atoms with van der Waals surface area (Å²) in [6.45, 7) is 9.71. The minimum Gasteiger partial charge on any atom is -0.491 e. The molecular weight excluding hydrogens is 1040 g/mol. The van der Waals surface area contributed by atoms with Crippen molar-refractivity contribution in [3.8, 4) is 23.6 Å². The van der Waals surface area contributed by atoms with Gasteiger partial charge in [0.25, 0.3) is 22.9 Å². The highest BCUT2D eigenvalue weighted by molar-refractivity contribution is 5.93. The summed E-state index contributed by atoms with van der Waals surface area (Å²) >= 11 is 0. The second-order valence-electron chi connectivity index (χ2n) is 19.8. The third-order valence-corrected chi connectivity index (χ3v) is 15.0. The van der Waals surface area contributed by atoms with Crippen LogP contribution < -0.4 is 40.2 Å². The van der Waals surface area contributed by atoms with Crippen LogP contribution in [-0.2, 0) is 13.1 Å². The van der Waals surface area contributed by atoms with E-state index in [2.05, 4.69) is 84.4 Å². The van der Waals surface area contributed by atoms with E-state index in [1.165, 1.54) is 24.8 Å². The second kappa shape index (κ2) is 23.8. The number of anilines is 4. The minimum absolute atomic E-state index is 0.140. The first-order valence-corrected chi connectivity index (χ1v) is 26.5. The van der Waals surface area contributed by atoms with E-state index in [0.29, 0.717) is 136 Å². The van der Waals surface area contributed by atoms with Crippen molar-refractivity contribution in [2.45, 2.75) is 39.0 Å². The Morgan fingerprint density at radius 3 is 1.33 bits per heavy atom. The molecule has 12 rings (SSSR count). The summed E-state index contributed by atoms with van der Waals surface area (Å²) in [5.41, 5.74) is 8.28. The summed E-state index contributed by atoms with van der Waals surface area (Å²) in [6.07, 6.45) is 12.5. The molecule has 2 fully saturated rings. The molecule has 8 aromatic rings. The molecule has 2 atom stereocenters. The number of nitrogens with one attached hydrogen (secondary N) is 2. The van der Waals surface area contributed by atoms with Gasteiger partial charge in [0.15, 0.2) is 0 Å². The smallest absolute Gasteiger partial charge is 0.272 e. The summed E-state index contributed by atoms with van der Waals surface area (Å²) < 4.78 is 12.5. The molecule has 0 bridgehead atoms. The van der Waals surface area contributed by atoms with Crippen LogP contribution in [0.1, 0.15) is 77.6 Å². The predicted molar refractivity (Wildman–Crippen MR) is 299 cm³/mol. The number of rotatable bonds is 12. The van der Waals surface area contributed by atoms with Crippen LogP contribution in [-0.4, -0.2) is 137 Å². The maximum Gasteiger partial charge on any atom is 0.272 e. The van der Waals surface area contributed by atoms with Gasteiger partial charge in [-0.15, -0.1) is 0 Å². The zero-order chi connectivity index (χ0) is 56.7. The summed E-state index contributed by atoms with van der Waals surface area (Å²) in [4.78, 5) is 88.5. The SMILES string of the molecule is Cc1c(N2Cc3ccccc3[C@@H]2COc2ccnc(C(=O)N3CCN(c4ncc(C#N)cn4)CC3)c2)cn[nH]c1=O.Cc1c(N2Cc3ccccc3[C@H]2COc2ccnc(C(=O)N3CCN(c4ncc(C#N)cn4)CC3)c2)cn[nH]c1=O. The Balaban J connectivity index is 0.000000172. The fourth-order valence-corrected chi connectivity index (χ4v) is 10.5.